The highest BCUT2D eigenvalue weighted by atomic mass is 79.9. The second-order valence-corrected chi connectivity index (χ2v) is 11.9. The van der Waals surface area contributed by atoms with Crippen molar-refractivity contribution >= 4 is 50.5 Å². The maximum absolute atomic E-state index is 13.0. The molecular formula is C22H28BrNO3S. The first-order valence-electron chi connectivity index (χ1n) is 9.61. The zero-order chi connectivity index (χ0) is 20.9. The molecule has 4 nitrogen and oxygen atoms in total. The van der Waals surface area contributed by atoms with Crippen LogP contribution in [0.4, 0.5) is 4.79 Å². The van der Waals surface area contributed by atoms with E-state index >= 15 is 0 Å². The van der Waals surface area contributed by atoms with Crippen LogP contribution in [0, 0.1) is 0 Å². The quantitative estimate of drug-likeness (QED) is 0.458. The number of benzene rings is 1. The van der Waals surface area contributed by atoms with Crippen molar-refractivity contribution in [2.24, 2.45) is 0 Å². The predicted octanol–water partition coefficient (Wildman–Crippen LogP) is 6.78. The van der Waals surface area contributed by atoms with Crippen LogP contribution in [-0.2, 0) is 4.74 Å². The lowest BCUT2D eigenvalue weighted by atomic mass is 9.87. The van der Waals surface area contributed by atoms with Crippen molar-refractivity contribution in [2.45, 2.75) is 70.7 Å². The summed E-state index contributed by atoms with van der Waals surface area (Å²) in [5, 5.41) is 0.957. The van der Waals surface area contributed by atoms with Crippen LogP contribution in [0.2, 0.25) is 0 Å². The first-order chi connectivity index (χ1) is 12.9. The molecule has 6 heteroatoms. The lowest BCUT2D eigenvalue weighted by molar-refractivity contribution is 0.0544. The van der Waals surface area contributed by atoms with Crippen LogP contribution in [0.3, 0.4) is 0 Å². The van der Waals surface area contributed by atoms with Crippen molar-refractivity contribution in [3.63, 3.8) is 0 Å². The number of hydrogen-bond acceptors (Lipinski definition) is 4. The second-order valence-electron chi connectivity index (χ2n) is 9.14. The molecule has 0 radical (unpaired) electrons. The molecule has 0 bridgehead atoms. The number of nitrogens with zero attached hydrogens (tertiary/aromatic N) is 1. The normalized spacial score (nSPS) is 19.6. The molecule has 1 saturated heterocycles. The Morgan fingerprint density at radius 2 is 1.96 bits per heavy atom. The molecule has 2 aromatic rings. The van der Waals surface area contributed by atoms with Gasteiger partial charge in [0.05, 0.1) is 5.52 Å². The number of ketones is 1. The zero-order valence-electron chi connectivity index (χ0n) is 17.4. The van der Waals surface area contributed by atoms with Crippen molar-refractivity contribution in [3.8, 4) is 0 Å². The Morgan fingerprint density at radius 1 is 1.29 bits per heavy atom. The van der Waals surface area contributed by atoms with Crippen molar-refractivity contribution in [2.75, 3.05) is 5.75 Å². The monoisotopic (exact) mass is 465 g/mol. The topological polar surface area (TPSA) is 48.3 Å². The molecule has 0 N–H and O–H groups in total. The number of thioether (sulfide) groups is 1. The average Bonchev–Trinajstić information content (AvgIpc) is 2.90. The van der Waals surface area contributed by atoms with E-state index < -0.39 is 11.7 Å². The van der Waals surface area contributed by atoms with E-state index in [1.807, 2.05) is 44.8 Å². The fourth-order valence-electron chi connectivity index (χ4n) is 3.90. The molecule has 1 unspecified atom stereocenters. The lowest BCUT2D eigenvalue weighted by Crippen LogP contribution is -2.27. The van der Waals surface area contributed by atoms with Crippen LogP contribution in [0.5, 0.6) is 0 Å². The van der Waals surface area contributed by atoms with Gasteiger partial charge in [-0.05, 0) is 69.9 Å². The summed E-state index contributed by atoms with van der Waals surface area (Å²) in [4.78, 5) is 25.3. The van der Waals surface area contributed by atoms with E-state index in [0.717, 1.165) is 34.0 Å². The largest absolute Gasteiger partial charge is 0.443 e. The molecule has 1 aromatic heterocycles. The van der Waals surface area contributed by atoms with Crippen LogP contribution in [0.1, 0.15) is 76.2 Å². The third-order valence-electron chi connectivity index (χ3n) is 5.00. The highest BCUT2D eigenvalue weighted by Gasteiger charge is 2.33. The third kappa shape index (κ3) is 4.48. The van der Waals surface area contributed by atoms with Gasteiger partial charge in [0.25, 0.3) is 0 Å². The molecule has 1 aliphatic heterocycles. The van der Waals surface area contributed by atoms with Gasteiger partial charge in [0, 0.05) is 26.4 Å². The fourth-order valence-corrected chi connectivity index (χ4v) is 5.63. The number of halogens is 1. The van der Waals surface area contributed by atoms with Gasteiger partial charge < -0.3 is 4.74 Å². The maximum atomic E-state index is 13.0. The molecular weight excluding hydrogens is 438 g/mol. The van der Waals surface area contributed by atoms with E-state index in [-0.39, 0.29) is 10.5 Å². The van der Waals surface area contributed by atoms with Crippen LogP contribution in [0.15, 0.2) is 22.8 Å². The standard InChI is InChI=1S/C22H28BrNO3S/c1-13(25)16-9-15(23)10-17-18(14-7-8-28-22(5,6)11-14)12-24(19(16)17)20(26)27-21(2,3)4/h9-10,12,14H,7-8,11H2,1-6H3. The van der Waals surface area contributed by atoms with E-state index in [1.165, 1.54) is 11.5 Å². The highest BCUT2D eigenvalue weighted by Crippen LogP contribution is 2.46. The summed E-state index contributed by atoms with van der Waals surface area (Å²) in [6.07, 6.45) is 3.54. The lowest BCUT2D eigenvalue weighted by Gasteiger charge is -2.34. The molecule has 1 fully saturated rings. The molecule has 28 heavy (non-hydrogen) atoms. The fraction of sp³-hybridized carbons (Fsp3) is 0.545. The molecule has 1 aromatic carbocycles. The number of aromatic nitrogens is 1. The first kappa shape index (κ1) is 21.4. The van der Waals surface area contributed by atoms with Crippen molar-refractivity contribution in [3.05, 3.63) is 33.9 Å². The molecule has 0 aliphatic carbocycles. The number of carbonyl (C=O) groups excluding carboxylic acids is 2. The molecule has 0 amide bonds. The van der Waals surface area contributed by atoms with Crippen molar-refractivity contribution < 1.29 is 14.3 Å². The van der Waals surface area contributed by atoms with Gasteiger partial charge in [-0.2, -0.15) is 11.8 Å². The Bertz CT molecular complexity index is 939. The minimum absolute atomic E-state index is 0.0692. The van der Waals surface area contributed by atoms with Gasteiger partial charge in [-0.3, -0.25) is 9.36 Å². The van der Waals surface area contributed by atoms with Crippen LogP contribution in [0.25, 0.3) is 10.9 Å². The van der Waals surface area contributed by atoms with Gasteiger partial charge in [-0.1, -0.05) is 29.8 Å². The minimum atomic E-state index is -0.608. The molecule has 152 valence electrons. The number of hydrogen-bond donors (Lipinski definition) is 0. The van der Waals surface area contributed by atoms with Crippen LogP contribution in [-0.4, -0.2) is 32.5 Å². The van der Waals surface area contributed by atoms with E-state index in [9.17, 15) is 9.59 Å². The average molecular weight is 466 g/mol. The van der Waals surface area contributed by atoms with Gasteiger partial charge >= 0.3 is 6.09 Å². The van der Waals surface area contributed by atoms with E-state index in [0.29, 0.717) is 17.0 Å². The summed E-state index contributed by atoms with van der Waals surface area (Å²) in [5.74, 6) is 1.36. The SMILES string of the molecule is CC(=O)c1cc(Br)cc2c(C3CCSC(C)(C)C3)cn(C(=O)OC(C)(C)C)c12. The minimum Gasteiger partial charge on any atom is -0.443 e. The number of Topliss-reactive ketones (excluding diaryl/α,β-unsaturated/α-hetero) is 1. The smallest absolute Gasteiger partial charge is 0.419 e. The molecule has 3 rings (SSSR count). The molecule has 0 saturated carbocycles. The maximum Gasteiger partial charge on any atom is 0.419 e. The highest BCUT2D eigenvalue weighted by molar-refractivity contribution is 9.10. The summed E-state index contributed by atoms with van der Waals surface area (Å²) in [7, 11) is 0. The Kier molecular flexibility index (Phi) is 5.76. The summed E-state index contributed by atoms with van der Waals surface area (Å²) in [6.45, 7) is 11.6. The van der Waals surface area contributed by atoms with E-state index in [2.05, 4.69) is 29.8 Å². The molecule has 2 heterocycles. The zero-order valence-corrected chi connectivity index (χ0v) is 19.8. The van der Waals surface area contributed by atoms with E-state index in [1.54, 1.807) is 6.07 Å². The summed E-state index contributed by atoms with van der Waals surface area (Å²) >= 11 is 5.54. The van der Waals surface area contributed by atoms with E-state index in [4.69, 9.17) is 4.74 Å². The third-order valence-corrected chi connectivity index (χ3v) is 6.85. The Balaban J connectivity index is 2.22. The number of carbonyl (C=O) groups is 2. The Morgan fingerprint density at radius 3 is 2.54 bits per heavy atom. The molecule has 0 spiro atoms. The summed E-state index contributed by atoms with van der Waals surface area (Å²) < 4.78 is 8.21. The number of fused-ring (bicyclic) bond motifs is 1. The molecule has 1 atom stereocenters. The second kappa shape index (κ2) is 7.52. The summed E-state index contributed by atoms with van der Waals surface area (Å²) in [6, 6.07) is 3.81. The van der Waals surface area contributed by atoms with Gasteiger partial charge in [-0.15, -0.1) is 0 Å². The van der Waals surface area contributed by atoms with Crippen LogP contribution >= 0.6 is 27.7 Å². The van der Waals surface area contributed by atoms with Gasteiger partial charge in [0.1, 0.15) is 5.60 Å². The van der Waals surface area contributed by atoms with Gasteiger partial charge in [0.15, 0.2) is 5.78 Å². The molecule has 1 aliphatic rings. The van der Waals surface area contributed by atoms with Crippen LogP contribution < -0.4 is 0 Å². The predicted molar refractivity (Wildman–Crippen MR) is 120 cm³/mol. The van der Waals surface area contributed by atoms with Gasteiger partial charge in [0.2, 0.25) is 0 Å². The van der Waals surface area contributed by atoms with Crippen molar-refractivity contribution in [1.82, 2.24) is 4.57 Å². The number of ether oxygens (including phenoxy) is 1. The first-order valence-corrected chi connectivity index (χ1v) is 11.4. The number of rotatable bonds is 2. The Hall–Kier alpha value is -1.27. The van der Waals surface area contributed by atoms with Gasteiger partial charge in [-0.25, -0.2) is 4.79 Å². The van der Waals surface area contributed by atoms with Crippen molar-refractivity contribution in [1.29, 1.82) is 0 Å². The Labute approximate surface area is 179 Å². The summed E-state index contributed by atoms with van der Waals surface area (Å²) in [5.41, 5.74) is 1.70.